The minimum atomic E-state index is -0.100. The monoisotopic (exact) mass is 318 g/mol. The first-order chi connectivity index (χ1) is 6.52. The van der Waals surface area contributed by atoms with Crippen LogP contribution in [0.25, 0.3) is 0 Å². The average Bonchev–Trinajstić information content (AvgIpc) is 2.15. The molecule has 0 aliphatic carbocycles. The van der Waals surface area contributed by atoms with Crippen molar-refractivity contribution in [2.24, 2.45) is 0 Å². The van der Waals surface area contributed by atoms with E-state index < -0.39 is 0 Å². The van der Waals surface area contributed by atoms with Gasteiger partial charge in [-0.15, -0.1) is 0 Å². The van der Waals surface area contributed by atoms with Crippen molar-refractivity contribution in [3.05, 3.63) is 34.3 Å². The summed E-state index contributed by atoms with van der Waals surface area (Å²) in [7, 11) is 0. The molecule has 0 fully saturated rings. The zero-order valence-electron chi connectivity index (χ0n) is 8.13. The number of carbonyl (C=O) groups excluding carboxylic acids is 1. The average molecular weight is 320 g/mol. The van der Waals surface area contributed by atoms with Gasteiger partial charge in [0.25, 0.3) is 0 Å². The maximum absolute atomic E-state index is 11.2. The second-order valence-electron chi connectivity index (χ2n) is 3.36. The van der Waals surface area contributed by atoms with Crippen LogP contribution in [0.15, 0.2) is 28.7 Å². The third kappa shape index (κ3) is 2.92. The van der Waals surface area contributed by atoms with Crippen LogP contribution in [0, 0.1) is 0 Å². The first-order valence-corrected chi connectivity index (χ1v) is 6.13. The Morgan fingerprint density at radius 2 is 2.07 bits per heavy atom. The molecule has 0 saturated heterocycles. The minimum absolute atomic E-state index is 0.100. The number of halogens is 2. The zero-order valence-corrected chi connectivity index (χ0v) is 11.3. The molecule has 2 unspecified atom stereocenters. The van der Waals surface area contributed by atoms with Crippen molar-refractivity contribution in [3.8, 4) is 0 Å². The van der Waals surface area contributed by atoms with E-state index in [4.69, 9.17) is 0 Å². The number of alkyl halides is 1. The fourth-order valence-corrected chi connectivity index (χ4v) is 2.03. The third-order valence-electron chi connectivity index (χ3n) is 2.20. The van der Waals surface area contributed by atoms with E-state index in [2.05, 4.69) is 31.9 Å². The Labute approximate surface area is 101 Å². The number of Topliss-reactive ketones (excluding diaryl/α,β-unsaturated/α-hetero) is 1. The Balaban J connectivity index is 2.89. The first-order valence-electron chi connectivity index (χ1n) is 4.42. The van der Waals surface area contributed by atoms with Crippen molar-refractivity contribution in [2.45, 2.75) is 24.6 Å². The van der Waals surface area contributed by atoms with E-state index in [1.54, 1.807) is 6.92 Å². The van der Waals surface area contributed by atoms with Crippen LogP contribution in [0.5, 0.6) is 0 Å². The molecule has 0 amide bonds. The predicted molar refractivity (Wildman–Crippen MR) is 66.0 cm³/mol. The standard InChI is InChI=1S/C11H12Br2O/c1-7(11(13)8(2)14)9-4-3-5-10(12)6-9/h3-7,11H,1-2H3. The van der Waals surface area contributed by atoms with E-state index in [-0.39, 0.29) is 16.5 Å². The molecule has 1 aromatic rings. The maximum atomic E-state index is 11.2. The molecule has 0 radical (unpaired) electrons. The lowest BCUT2D eigenvalue weighted by Gasteiger charge is -2.16. The molecule has 0 aliphatic rings. The van der Waals surface area contributed by atoms with Gasteiger partial charge in [0.2, 0.25) is 0 Å². The van der Waals surface area contributed by atoms with Crippen LogP contribution in [0.3, 0.4) is 0 Å². The number of benzene rings is 1. The Bertz CT molecular complexity index is 336. The number of rotatable bonds is 3. The number of ketones is 1. The van der Waals surface area contributed by atoms with Crippen LogP contribution in [0.4, 0.5) is 0 Å². The van der Waals surface area contributed by atoms with E-state index in [1.807, 2.05) is 31.2 Å². The molecule has 2 atom stereocenters. The number of carbonyl (C=O) groups is 1. The van der Waals surface area contributed by atoms with Crippen LogP contribution in [0.2, 0.25) is 0 Å². The normalized spacial score (nSPS) is 14.9. The van der Waals surface area contributed by atoms with Gasteiger partial charge in [0, 0.05) is 10.4 Å². The fourth-order valence-electron chi connectivity index (χ4n) is 1.31. The summed E-state index contributed by atoms with van der Waals surface area (Å²) >= 11 is 6.82. The van der Waals surface area contributed by atoms with Crippen molar-refractivity contribution >= 4 is 37.6 Å². The SMILES string of the molecule is CC(=O)C(Br)C(C)c1cccc(Br)c1. The summed E-state index contributed by atoms with van der Waals surface area (Å²) in [4.78, 5) is 11.1. The van der Waals surface area contributed by atoms with Crippen molar-refractivity contribution in [1.82, 2.24) is 0 Å². The number of hydrogen-bond donors (Lipinski definition) is 0. The number of hydrogen-bond acceptors (Lipinski definition) is 1. The third-order valence-corrected chi connectivity index (χ3v) is 4.13. The van der Waals surface area contributed by atoms with Crippen molar-refractivity contribution in [1.29, 1.82) is 0 Å². The molecule has 0 aliphatic heterocycles. The van der Waals surface area contributed by atoms with Gasteiger partial charge in [-0.1, -0.05) is 50.9 Å². The summed E-state index contributed by atoms with van der Waals surface area (Å²) in [6.07, 6.45) is 0. The van der Waals surface area contributed by atoms with Gasteiger partial charge in [0.15, 0.2) is 0 Å². The highest BCUT2D eigenvalue weighted by molar-refractivity contribution is 9.10. The molecule has 0 bridgehead atoms. The van der Waals surface area contributed by atoms with E-state index in [0.717, 1.165) is 10.0 Å². The van der Waals surface area contributed by atoms with Gasteiger partial charge in [-0.05, 0) is 24.6 Å². The second kappa shape index (κ2) is 5.08. The molecule has 1 rings (SSSR count). The Hall–Kier alpha value is -0.150. The zero-order chi connectivity index (χ0) is 10.7. The molecule has 76 valence electrons. The Morgan fingerprint density at radius 1 is 1.43 bits per heavy atom. The molecule has 0 spiro atoms. The Morgan fingerprint density at radius 3 is 2.57 bits per heavy atom. The second-order valence-corrected chi connectivity index (χ2v) is 5.26. The Kier molecular flexibility index (Phi) is 4.32. The van der Waals surface area contributed by atoms with Crippen LogP contribution in [0.1, 0.15) is 25.3 Å². The molecule has 0 N–H and O–H groups in total. The van der Waals surface area contributed by atoms with Crippen molar-refractivity contribution in [2.75, 3.05) is 0 Å². The minimum Gasteiger partial charge on any atom is -0.299 e. The van der Waals surface area contributed by atoms with Crippen molar-refractivity contribution < 1.29 is 4.79 Å². The highest BCUT2D eigenvalue weighted by Gasteiger charge is 2.19. The molecule has 0 heterocycles. The highest BCUT2D eigenvalue weighted by Crippen LogP contribution is 2.27. The first kappa shape index (κ1) is 11.9. The summed E-state index contributed by atoms with van der Waals surface area (Å²) < 4.78 is 1.05. The van der Waals surface area contributed by atoms with Gasteiger partial charge in [0.05, 0.1) is 4.83 Å². The molecule has 1 aromatic carbocycles. The maximum Gasteiger partial charge on any atom is 0.144 e. The summed E-state index contributed by atoms with van der Waals surface area (Å²) in [5.74, 6) is 0.363. The molecule has 0 aromatic heterocycles. The smallest absolute Gasteiger partial charge is 0.144 e. The van der Waals surface area contributed by atoms with Gasteiger partial charge in [-0.2, -0.15) is 0 Å². The van der Waals surface area contributed by atoms with Gasteiger partial charge in [-0.3, -0.25) is 4.79 Å². The van der Waals surface area contributed by atoms with Gasteiger partial charge in [-0.25, -0.2) is 0 Å². The van der Waals surface area contributed by atoms with Gasteiger partial charge >= 0.3 is 0 Å². The molecular formula is C11H12Br2O. The van der Waals surface area contributed by atoms with E-state index in [0.29, 0.717) is 0 Å². The van der Waals surface area contributed by atoms with Crippen molar-refractivity contribution in [3.63, 3.8) is 0 Å². The van der Waals surface area contributed by atoms with Crippen LogP contribution >= 0.6 is 31.9 Å². The largest absolute Gasteiger partial charge is 0.299 e. The lowest BCUT2D eigenvalue weighted by molar-refractivity contribution is -0.116. The van der Waals surface area contributed by atoms with Gasteiger partial charge < -0.3 is 0 Å². The summed E-state index contributed by atoms with van der Waals surface area (Å²) in [6, 6.07) is 8.04. The lowest BCUT2D eigenvalue weighted by Crippen LogP contribution is -2.17. The van der Waals surface area contributed by atoms with Crippen LogP contribution < -0.4 is 0 Å². The molecule has 14 heavy (non-hydrogen) atoms. The molecular weight excluding hydrogens is 308 g/mol. The molecule has 3 heteroatoms. The summed E-state index contributed by atoms with van der Waals surface area (Å²) in [6.45, 7) is 3.65. The van der Waals surface area contributed by atoms with E-state index in [1.165, 1.54) is 0 Å². The lowest BCUT2D eigenvalue weighted by atomic mass is 9.96. The fraction of sp³-hybridized carbons (Fsp3) is 0.364. The van der Waals surface area contributed by atoms with E-state index in [9.17, 15) is 4.79 Å². The van der Waals surface area contributed by atoms with E-state index >= 15 is 0 Å². The summed E-state index contributed by atoms with van der Waals surface area (Å²) in [5, 5.41) is 0. The topological polar surface area (TPSA) is 17.1 Å². The van der Waals surface area contributed by atoms with Crippen LogP contribution in [-0.4, -0.2) is 10.6 Å². The quantitative estimate of drug-likeness (QED) is 0.772. The van der Waals surface area contributed by atoms with Gasteiger partial charge in [0.1, 0.15) is 5.78 Å². The molecule has 1 nitrogen and oxygen atoms in total. The highest BCUT2D eigenvalue weighted by atomic mass is 79.9. The predicted octanol–water partition coefficient (Wildman–Crippen LogP) is 3.91. The molecule has 0 saturated carbocycles. The summed E-state index contributed by atoms with van der Waals surface area (Å²) in [5.41, 5.74) is 1.16. The van der Waals surface area contributed by atoms with Crippen LogP contribution in [-0.2, 0) is 4.79 Å².